The van der Waals surface area contributed by atoms with Crippen LogP contribution in [0, 0.1) is 11.3 Å². The fraction of sp³-hybridized carbons (Fsp3) is 0.182. The molecular weight excluding hydrogens is 551 g/mol. The number of nitrogens with one attached hydrogen (secondary N) is 1. The number of hydrogen-bond donors (Lipinski definition) is 1. The van der Waals surface area contributed by atoms with Crippen molar-refractivity contribution in [2.24, 2.45) is 0 Å². The lowest BCUT2D eigenvalue weighted by Crippen LogP contribution is -2.47. The summed E-state index contributed by atoms with van der Waals surface area (Å²) in [7, 11) is 0. The van der Waals surface area contributed by atoms with E-state index in [9.17, 15) is 5.26 Å². The summed E-state index contributed by atoms with van der Waals surface area (Å²) in [6.07, 6.45) is 0. The lowest BCUT2D eigenvalue weighted by atomic mass is 9.96. The Bertz CT molecular complexity index is 1650. The van der Waals surface area contributed by atoms with E-state index in [4.69, 9.17) is 33.2 Å². The van der Waals surface area contributed by atoms with Crippen molar-refractivity contribution in [3.63, 3.8) is 0 Å². The topological polar surface area (TPSA) is 68.1 Å². The quantitative estimate of drug-likeness (QED) is 0.216. The van der Waals surface area contributed by atoms with Gasteiger partial charge in [-0.1, -0.05) is 65.7 Å². The molecule has 1 aromatic heterocycles. The third-order valence-electron chi connectivity index (χ3n) is 7.41. The molecule has 2 heterocycles. The number of nitrogens with zero attached hydrogens (tertiary/aromatic N) is 5. The molecule has 1 aliphatic heterocycles. The molecule has 1 N–H and O–H groups in total. The summed E-state index contributed by atoms with van der Waals surface area (Å²) in [5.74, 6) is 1.51. The van der Waals surface area contributed by atoms with E-state index in [0.29, 0.717) is 12.1 Å². The van der Waals surface area contributed by atoms with Crippen LogP contribution in [0.1, 0.15) is 28.6 Å². The Morgan fingerprint density at radius 3 is 2.10 bits per heavy atom. The molecule has 1 fully saturated rings. The molecule has 0 atom stereocenters. The van der Waals surface area contributed by atoms with E-state index in [-0.39, 0.29) is 6.04 Å². The predicted octanol–water partition coefficient (Wildman–Crippen LogP) is 7.46. The zero-order valence-electron chi connectivity index (χ0n) is 22.3. The minimum atomic E-state index is 0.114. The minimum absolute atomic E-state index is 0.114. The van der Waals surface area contributed by atoms with Crippen molar-refractivity contribution in [3.8, 4) is 6.07 Å². The molecule has 0 amide bonds. The predicted molar refractivity (Wildman–Crippen MR) is 166 cm³/mol. The highest BCUT2D eigenvalue weighted by Crippen LogP contribution is 2.32. The summed E-state index contributed by atoms with van der Waals surface area (Å²) in [6.45, 7) is 4.23. The van der Waals surface area contributed by atoms with Crippen molar-refractivity contribution < 1.29 is 0 Å². The number of benzene rings is 4. The van der Waals surface area contributed by atoms with Crippen molar-refractivity contribution in [1.82, 2.24) is 19.8 Å². The fourth-order valence-electron chi connectivity index (χ4n) is 5.38. The lowest BCUT2D eigenvalue weighted by Gasteiger charge is -2.39. The maximum atomic E-state index is 9.31. The van der Waals surface area contributed by atoms with E-state index < -0.39 is 0 Å². The lowest BCUT2D eigenvalue weighted by molar-refractivity contribution is 0.103. The molecule has 204 valence electrons. The number of para-hydroxylation sites is 1. The van der Waals surface area contributed by atoms with Crippen molar-refractivity contribution in [2.45, 2.75) is 12.6 Å². The zero-order valence-corrected chi connectivity index (χ0v) is 23.9. The Balaban J connectivity index is 1.20. The van der Waals surface area contributed by atoms with Gasteiger partial charge in [-0.2, -0.15) is 5.26 Å². The van der Waals surface area contributed by atoms with Gasteiger partial charge >= 0.3 is 0 Å². The standard InChI is InChI=1S/C33H28Cl2N6/c34-26-12-8-24(9-13-26)32(25-10-14-27(35)15-11-25)41-18-16-40(17-19-41)22-31-38-30-7-2-1-6-29(30)33(39-31)37-28-5-3-4-23(20-28)21-36/h1-15,20,32H,16-19,22H2,(H,37,38,39). The van der Waals surface area contributed by atoms with E-state index in [0.717, 1.165) is 64.5 Å². The van der Waals surface area contributed by atoms with Gasteiger partial charge in [-0.15, -0.1) is 0 Å². The number of aromatic nitrogens is 2. The molecule has 0 saturated carbocycles. The van der Waals surface area contributed by atoms with Gasteiger partial charge in [0.1, 0.15) is 11.6 Å². The molecule has 0 spiro atoms. The second-order valence-electron chi connectivity index (χ2n) is 10.1. The van der Waals surface area contributed by atoms with Gasteiger partial charge in [-0.05, 0) is 65.7 Å². The van der Waals surface area contributed by atoms with Crippen LogP contribution in [-0.2, 0) is 6.54 Å². The molecule has 0 aliphatic carbocycles. The van der Waals surface area contributed by atoms with Gasteiger partial charge in [-0.25, -0.2) is 9.97 Å². The van der Waals surface area contributed by atoms with Gasteiger partial charge in [0.05, 0.1) is 29.7 Å². The number of fused-ring (bicyclic) bond motifs is 1. The molecule has 41 heavy (non-hydrogen) atoms. The minimum Gasteiger partial charge on any atom is -0.340 e. The summed E-state index contributed by atoms with van der Waals surface area (Å²) < 4.78 is 0. The summed E-state index contributed by atoms with van der Waals surface area (Å²) in [5.41, 5.74) is 4.73. The molecule has 8 heteroatoms. The van der Waals surface area contributed by atoms with E-state index >= 15 is 0 Å². The number of rotatable bonds is 7. The fourth-order valence-corrected chi connectivity index (χ4v) is 5.63. The Morgan fingerprint density at radius 1 is 0.780 bits per heavy atom. The zero-order chi connectivity index (χ0) is 28.2. The van der Waals surface area contributed by atoms with E-state index in [2.05, 4.69) is 45.5 Å². The number of hydrogen-bond acceptors (Lipinski definition) is 6. The van der Waals surface area contributed by atoms with Gasteiger partial charge < -0.3 is 5.32 Å². The first-order valence-electron chi connectivity index (χ1n) is 13.6. The Labute approximate surface area is 249 Å². The largest absolute Gasteiger partial charge is 0.340 e. The third-order valence-corrected chi connectivity index (χ3v) is 7.92. The summed E-state index contributed by atoms with van der Waals surface area (Å²) in [6, 6.07) is 34.0. The Kier molecular flexibility index (Phi) is 8.13. The highest BCUT2D eigenvalue weighted by Gasteiger charge is 2.27. The van der Waals surface area contributed by atoms with Crippen LogP contribution < -0.4 is 5.32 Å². The number of piperazine rings is 1. The van der Waals surface area contributed by atoms with Crippen LogP contribution in [0.2, 0.25) is 10.0 Å². The average Bonchev–Trinajstić information content (AvgIpc) is 3.00. The van der Waals surface area contributed by atoms with Crippen molar-refractivity contribution in [1.29, 1.82) is 5.26 Å². The summed E-state index contributed by atoms with van der Waals surface area (Å²) in [5, 5.41) is 15.1. The second kappa shape index (κ2) is 12.3. The molecule has 0 radical (unpaired) electrons. The van der Waals surface area contributed by atoms with Gasteiger partial charge in [0.15, 0.2) is 0 Å². The molecule has 5 aromatic rings. The normalized spacial score (nSPS) is 14.3. The molecule has 6 nitrogen and oxygen atoms in total. The van der Waals surface area contributed by atoms with Gasteiger partial charge in [0, 0.05) is 47.3 Å². The van der Waals surface area contributed by atoms with Gasteiger partial charge in [-0.3, -0.25) is 9.80 Å². The van der Waals surface area contributed by atoms with Crippen LogP contribution in [0.4, 0.5) is 11.5 Å². The van der Waals surface area contributed by atoms with Gasteiger partial charge in [0.25, 0.3) is 0 Å². The number of nitriles is 1. The first-order valence-corrected chi connectivity index (χ1v) is 14.3. The van der Waals surface area contributed by atoms with Crippen molar-refractivity contribution in [2.75, 3.05) is 31.5 Å². The maximum absolute atomic E-state index is 9.31. The summed E-state index contributed by atoms with van der Waals surface area (Å²) in [4.78, 5) is 14.7. The van der Waals surface area contributed by atoms with E-state index in [1.165, 1.54) is 11.1 Å². The highest BCUT2D eigenvalue weighted by atomic mass is 35.5. The first kappa shape index (κ1) is 27.2. The smallest absolute Gasteiger partial charge is 0.145 e. The van der Waals surface area contributed by atoms with E-state index in [1.54, 1.807) is 6.07 Å². The van der Waals surface area contributed by atoms with Crippen LogP contribution in [-0.4, -0.2) is 45.9 Å². The van der Waals surface area contributed by atoms with Crippen molar-refractivity contribution >= 4 is 45.6 Å². The Hall–Kier alpha value is -3.99. The average molecular weight is 580 g/mol. The number of halogens is 2. The molecule has 4 aromatic carbocycles. The summed E-state index contributed by atoms with van der Waals surface area (Å²) >= 11 is 12.4. The third kappa shape index (κ3) is 6.35. The molecule has 1 saturated heterocycles. The van der Waals surface area contributed by atoms with Crippen LogP contribution >= 0.6 is 23.2 Å². The molecule has 0 unspecified atom stereocenters. The van der Waals surface area contributed by atoms with Gasteiger partial charge in [0.2, 0.25) is 0 Å². The molecular formula is C33H28Cl2N6. The van der Waals surface area contributed by atoms with E-state index in [1.807, 2.05) is 66.7 Å². The van der Waals surface area contributed by atoms with Crippen molar-refractivity contribution in [3.05, 3.63) is 130 Å². The Morgan fingerprint density at radius 2 is 1.44 bits per heavy atom. The van der Waals surface area contributed by atoms with Crippen LogP contribution in [0.15, 0.2) is 97.1 Å². The molecule has 6 rings (SSSR count). The first-order chi connectivity index (χ1) is 20.1. The highest BCUT2D eigenvalue weighted by molar-refractivity contribution is 6.30. The second-order valence-corrected chi connectivity index (χ2v) is 11.0. The van der Waals surface area contributed by atoms with Crippen LogP contribution in [0.3, 0.4) is 0 Å². The van der Waals surface area contributed by atoms with Crippen LogP contribution in [0.25, 0.3) is 10.9 Å². The van der Waals surface area contributed by atoms with Crippen LogP contribution in [0.5, 0.6) is 0 Å². The molecule has 0 bridgehead atoms. The molecule has 1 aliphatic rings. The maximum Gasteiger partial charge on any atom is 0.145 e. The monoisotopic (exact) mass is 578 g/mol. The number of anilines is 2. The SMILES string of the molecule is N#Cc1cccc(Nc2nc(CN3CCN(C(c4ccc(Cl)cc4)c4ccc(Cl)cc4)CC3)nc3ccccc23)c1.